The van der Waals surface area contributed by atoms with Crippen LogP contribution in [0.3, 0.4) is 0 Å². The number of aryl methyl sites for hydroxylation is 1. The highest BCUT2D eigenvalue weighted by Crippen LogP contribution is 2.33. The minimum Gasteiger partial charge on any atom is -0.423 e. The SMILES string of the molecule is CCCCCCCCCCc1cccc(OC(=O)CCCCCCCC)c1OC(=O)CCCCCCCC. The molecule has 38 heavy (non-hydrogen) atoms. The molecule has 4 heteroatoms. The van der Waals surface area contributed by atoms with E-state index in [1.54, 1.807) is 6.07 Å². The molecule has 0 saturated carbocycles. The maximum Gasteiger partial charge on any atom is 0.311 e. The molecule has 0 bridgehead atoms. The van der Waals surface area contributed by atoms with Crippen LogP contribution < -0.4 is 9.47 Å². The molecule has 0 amide bonds. The summed E-state index contributed by atoms with van der Waals surface area (Å²) < 4.78 is 11.6. The minimum atomic E-state index is -0.238. The van der Waals surface area contributed by atoms with Gasteiger partial charge in [-0.1, -0.05) is 142 Å². The Bertz CT molecular complexity index is 727. The lowest BCUT2D eigenvalue weighted by Gasteiger charge is -2.15. The Labute approximate surface area is 234 Å². The van der Waals surface area contributed by atoms with Crippen molar-refractivity contribution in [2.24, 2.45) is 0 Å². The number of para-hydroxylation sites is 1. The molecule has 1 aromatic rings. The normalized spacial score (nSPS) is 11.0. The molecule has 0 unspecified atom stereocenters. The first-order valence-corrected chi connectivity index (χ1v) is 16.2. The highest BCUT2D eigenvalue weighted by molar-refractivity contribution is 5.76. The Balaban J connectivity index is 2.67. The van der Waals surface area contributed by atoms with E-state index >= 15 is 0 Å². The van der Waals surface area contributed by atoms with E-state index in [1.807, 2.05) is 12.1 Å². The number of esters is 2. The molecule has 0 spiro atoms. The second kappa shape index (κ2) is 24.2. The standard InChI is InChI=1S/C34H58O4/c1-4-7-10-13-16-17-18-21-25-30-26-24-27-31(37-32(35)28-22-19-14-11-8-5-2)34(30)38-33(36)29-23-20-15-12-9-6-3/h24,26-27H,4-23,25,28-29H2,1-3H3. The molecular formula is C34H58O4. The second-order valence-electron chi connectivity index (χ2n) is 11.0. The molecule has 0 saturated heterocycles. The average molecular weight is 531 g/mol. The minimum absolute atomic E-state index is 0.225. The number of rotatable bonds is 25. The van der Waals surface area contributed by atoms with Crippen LogP contribution in [0.4, 0.5) is 0 Å². The first-order valence-electron chi connectivity index (χ1n) is 16.2. The van der Waals surface area contributed by atoms with Gasteiger partial charge in [-0.2, -0.15) is 0 Å². The molecule has 1 rings (SSSR count). The lowest BCUT2D eigenvalue weighted by Crippen LogP contribution is -2.13. The Kier molecular flexibility index (Phi) is 21.8. The zero-order chi connectivity index (χ0) is 27.7. The number of unbranched alkanes of at least 4 members (excludes halogenated alkanes) is 17. The summed E-state index contributed by atoms with van der Waals surface area (Å²) in [5.41, 5.74) is 0.970. The van der Waals surface area contributed by atoms with Gasteiger partial charge in [0.15, 0.2) is 11.5 Å². The van der Waals surface area contributed by atoms with E-state index in [1.165, 1.54) is 83.5 Å². The summed E-state index contributed by atoms with van der Waals surface area (Å²) in [6.45, 7) is 6.66. The van der Waals surface area contributed by atoms with E-state index in [0.717, 1.165) is 56.9 Å². The van der Waals surface area contributed by atoms with Crippen molar-refractivity contribution in [3.63, 3.8) is 0 Å². The third-order valence-electron chi connectivity index (χ3n) is 7.27. The predicted molar refractivity (Wildman–Crippen MR) is 160 cm³/mol. The van der Waals surface area contributed by atoms with Gasteiger partial charge in [-0.05, 0) is 37.3 Å². The lowest BCUT2D eigenvalue weighted by atomic mass is 10.0. The molecule has 218 valence electrons. The number of hydrogen-bond donors (Lipinski definition) is 0. The Morgan fingerprint density at radius 1 is 0.526 bits per heavy atom. The maximum absolute atomic E-state index is 12.7. The number of ether oxygens (including phenoxy) is 2. The summed E-state index contributed by atoms with van der Waals surface area (Å²) >= 11 is 0. The average Bonchev–Trinajstić information content (AvgIpc) is 2.91. The van der Waals surface area contributed by atoms with E-state index in [4.69, 9.17) is 9.47 Å². The zero-order valence-electron chi connectivity index (χ0n) is 25.1. The van der Waals surface area contributed by atoms with Gasteiger partial charge in [0, 0.05) is 12.8 Å². The van der Waals surface area contributed by atoms with Crippen molar-refractivity contribution in [3.05, 3.63) is 23.8 Å². The molecule has 0 aliphatic carbocycles. The summed E-state index contributed by atoms with van der Waals surface area (Å²) in [4.78, 5) is 25.3. The quantitative estimate of drug-likeness (QED) is 0.0716. The number of benzene rings is 1. The Morgan fingerprint density at radius 3 is 1.45 bits per heavy atom. The Morgan fingerprint density at radius 2 is 0.947 bits per heavy atom. The van der Waals surface area contributed by atoms with Crippen LogP contribution in [-0.2, 0) is 16.0 Å². The van der Waals surface area contributed by atoms with Crippen molar-refractivity contribution >= 4 is 11.9 Å². The van der Waals surface area contributed by atoms with Crippen molar-refractivity contribution in [3.8, 4) is 11.5 Å². The van der Waals surface area contributed by atoms with Crippen LogP contribution >= 0.6 is 0 Å². The van der Waals surface area contributed by atoms with Gasteiger partial charge in [0.2, 0.25) is 0 Å². The Hall–Kier alpha value is -1.84. The first kappa shape index (κ1) is 34.2. The molecule has 0 aliphatic rings. The topological polar surface area (TPSA) is 52.6 Å². The van der Waals surface area contributed by atoms with Crippen molar-refractivity contribution in [1.82, 2.24) is 0 Å². The first-order chi connectivity index (χ1) is 18.6. The maximum atomic E-state index is 12.7. The molecule has 0 fully saturated rings. The molecule has 0 radical (unpaired) electrons. The fourth-order valence-corrected chi connectivity index (χ4v) is 4.84. The highest BCUT2D eigenvalue weighted by Gasteiger charge is 2.18. The molecule has 0 heterocycles. The van der Waals surface area contributed by atoms with E-state index in [2.05, 4.69) is 20.8 Å². The molecule has 4 nitrogen and oxygen atoms in total. The summed E-state index contributed by atoms with van der Waals surface area (Å²) in [6, 6.07) is 5.70. The van der Waals surface area contributed by atoms with E-state index in [-0.39, 0.29) is 11.9 Å². The third kappa shape index (κ3) is 17.6. The van der Waals surface area contributed by atoms with Crippen LogP contribution in [0.15, 0.2) is 18.2 Å². The molecule has 0 aliphatic heterocycles. The molecule has 0 N–H and O–H groups in total. The highest BCUT2D eigenvalue weighted by atomic mass is 16.6. The summed E-state index contributed by atoms with van der Waals surface area (Å²) in [7, 11) is 0. The van der Waals surface area contributed by atoms with Crippen molar-refractivity contribution in [2.45, 2.75) is 168 Å². The number of hydrogen-bond acceptors (Lipinski definition) is 4. The van der Waals surface area contributed by atoms with Gasteiger partial charge in [-0.3, -0.25) is 9.59 Å². The predicted octanol–water partition coefficient (Wildman–Crippen LogP) is 10.7. The fraction of sp³-hybridized carbons (Fsp3) is 0.765. The summed E-state index contributed by atoms with van der Waals surface area (Å²) in [5.74, 6) is 0.395. The van der Waals surface area contributed by atoms with Crippen LogP contribution in [0.2, 0.25) is 0 Å². The summed E-state index contributed by atoms with van der Waals surface area (Å²) in [6.07, 6.45) is 25.2. The van der Waals surface area contributed by atoms with Crippen molar-refractivity contribution in [1.29, 1.82) is 0 Å². The largest absolute Gasteiger partial charge is 0.423 e. The van der Waals surface area contributed by atoms with Crippen LogP contribution in [0.1, 0.15) is 168 Å². The molecular weight excluding hydrogens is 472 g/mol. The van der Waals surface area contributed by atoms with Crippen LogP contribution in [0.5, 0.6) is 11.5 Å². The van der Waals surface area contributed by atoms with Crippen LogP contribution in [0.25, 0.3) is 0 Å². The number of carbonyl (C=O) groups excluding carboxylic acids is 2. The monoisotopic (exact) mass is 530 g/mol. The van der Waals surface area contributed by atoms with Gasteiger partial charge in [0.1, 0.15) is 0 Å². The van der Waals surface area contributed by atoms with Gasteiger partial charge < -0.3 is 9.47 Å². The molecule has 0 atom stereocenters. The van der Waals surface area contributed by atoms with Gasteiger partial charge in [-0.15, -0.1) is 0 Å². The number of carbonyl (C=O) groups is 2. The van der Waals surface area contributed by atoms with E-state index in [9.17, 15) is 9.59 Å². The molecule has 1 aromatic carbocycles. The fourth-order valence-electron chi connectivity index (χ4n) is 4.84. The van der Waals surface area contributed by atoms with Crippen molar-refractivity contribution < 1.29 is 19.1 Å². The lowest BCUT2D eigenvalue weighted by molar-refractivity contribution is -0.137. The third-order valence-corrected chi connectivity index (χ3v) is 7.27. The molecule has 0 aromatic heterocycles. The van der Waals surface area contributed by atoms with Gasteiger partial charge >= 0.3 is 11.9 Å². The van der Waals surface area contributed by atoms with E-state index in [0.29, 0.717) is 24.3 Å². The van der Waals surface area contributed by atoms with E-state index < -0.39 is 0 Å². The van der Waals surface area contributed by atoms with Crippen LogP contribution in [0, 0.1) is 0 Å². The van der Waals surface area contributed by atoms with Gasteiger partial charge in [-0.25, -0.2) is 0 Å². The second-order valence-corrected chi connectivity index (χ2v) is 11.0. The van der Waals surface area contributed by atoms with Crippen LogP contribution in [-0.4, -0.2) is 11.9 Å². The van der Waals surface area contributed by atoms with Gasteiger partial charge in [0.25, 0.3) is 0 Å². The smallest absolute Gasteiger partial charge is 0.311 e. The summed E-state index contributed by atoms with van der Waals surface area (Å²) in [5, 5.41) is 0. The van der Waals surface area contributed by atoms with Gasteiger partial charge in [0.05, 0.1) is 0 Å². The van der Waals surface area contributed by atoms with Crippen molar-refractivity contribution in [2.75, 3.05) is 0 Å². The zero-order valence-corrected chi connectivity index (χ0v) is 25.1.